The Morgan fingerprint density at radius 1 is 1.04 bits per heavy atom. The molecule has 2 fully saturated rings. The molecule has 67 heavy (non-hydrogen) atoms. The lowest BCUT2D eigenvalue weighted by Crippen LogP contribution is -2.47. The molecule has 1 saturated heterocycles. The van der Waals surface area contributed by atoms with Gasteiger partial charge in [-0.05, 0) is 104 Å². The van der Waals surface area contributed by atoms with Gasteiger partial charge in [-0.2, -0.15) is 0 Å². The Balaban J connectivity index is 0.890. The lowest BCUT2D eigenvalue weighted by atomic mass is 9.72. The number of nitrogens with one attached hydrogen (secondary N) is 3. The molecule has 1 aliphatic heterocycles. The number of piperazine rings is 1. The largest absolute Gasteiger partial charge is 0.455 e. The van der Waals surface area contributed by atoms with E-state index in [4.69, 9.17) is 16.3 Å². The maximum absolute atomic E-state index is 14.0. The van der Waals surface area contributed by atoms with Crippen LogP contribution in [-0.2, 0) is 16.6 Å². The van der Waals surface area contributed by atoms with Crippen molar-refractivity contribution in [2.75, 3.05) is 56.0 Å². The molecule has 1 saturated carbocycles. The molecule has 3 aromatic carbocycles. The molecule has 350 valence electrons. The lowest BCUT2D eigenvalue weighted by Gasteiger charge is -2.39. The van der Waals surface area contributed by atoms with Gasteiger partial charge >= 0.3 is 0 Å². The minimum Gasteiger partial charge on any atom is -0.455 e. The summed E-state index contributed by atoms with van der Waals surface area (Å²) >= 11 is 7.87. The van der Waals surface area contributed by atoms with Gasteiger partial charge in [-0.15, -0.1) is 11.3 Å². The second-order valence-electron chi connectivity index (χ2n) is 18.4. The van der Waals surface area contributed by atoms with E-state index in [1.54, 1.807) is 41.8 Å². The van der Waals surface area contributed by atoms with Crippen molar-refractivity contribution in [3.63, 3.8) is 0 Å². The highest BCUT2D eigenvalue weighted by atomic mass is 35.5. The molecule has 3 aliphatic rings. The van der Waals surface area contributed by atoms with E-state index in [0.717, 1.165) is 107 Å². The Kier molecular flexibility index (Phi) is 13.7. The molecule has 0 atom stereocenters. The van der Waals surface area contributed by atoms with Crippen LogP contribution in [0.4, 0.5) is 17.1 Å². The first-order valence-electron chi connectivity index (χ1n) is 22.7. The minimum absolute atomic E-state index is 0.0367. The number of halogens is 1. The standard InChI is InChI=1S/C49H54ClN9O6S2/c1-49(2)16-14-35(43(27-49)33-4-6-36(50)7-5-33)30-56-20-22-57(23-21-56)38-10-12-42(46(25-38)65-39-24-34-15-18-53-47(34)54-28-39)48(60)55-67(63,64)41-11-13-44(45(26-41)59(61)62)52-17-3-19-58(37-8-9-37)31-40-29-51-32-66-40/h4-7,10-13,15,18,24-26,28-29,32,37,52H,3,8-9,14,16-17,19-23,27,30-31H2,1-2H3,(H,53,54)(H,55,60). The number of thiazole rings is 1. The first-order valence-corrected chi connectivity index (χ1v) is 25.4. The van der Waals surface area contributed by atoms with Gasteiger partial charge in [-0.25, -0.2) is 18.1 Å². The predicted octanol–water partition coefficient (Wildman–Crippen LogP) is 9.74. The van der Waals surface area contributed by atoms with Crippen molar-refractivity contribution in [3.8, 4) is 11.5 Å². The minimum atomic E-state index is -4.57. The second-order valence-corrected chi connectivity index (χ2v) is 21.5. The molecule has 3 aromatic heterocycles. The predicted molar refractivity (Wildman–Crippen MR) is 264 cm³/mol. The van der Waals surface area contributed by atoms with E-state index in [1.165, 1.54) is 39.9 Å². The van der Waals surface area contributed by atoms with Gasteiger partial charge in [-0.3, -0.25) is 29.7 Å². The summed E-state index contributed by atoms with van der Waals surface area (Å²) < 4.78 is 36.1. The number of aromatic amines is 1. The number of hydrogen-bond acceptors (Lipinski definition) is 13. The number of rotatable bonds is 18. The highest BCUT2D eigenvalue weighted by Gasteiger charge is 2.31. The summed E-state index contributed by atoms with van der Waals surface area (Å²) in [7, 11) is -4.57. The van der Waals surface area contributed by atoms with Crippen molar-refractivity contribution in [3.05, 3.63) is 134 Å². The molecule has 4 heterocycles. The fourth-order valence-corrected chi connectivity index (χ4v) is 10.8. The molecule has 0 bridgehead atoms. The summed E-state index contributed by atoms with van der Waals surface area (Å²) in [6.45, 7) is 10.7. The molecule has 6 aromatic rings. The molecule has 1 amide bonds. The Hall–Kier alpha value is -5.85. The summed E-state index contributed by atoms with van der Waals surface area (Å²) in [5.41, 5.74) is 7.36. The number of anilines is 2. The number of fused-ring (bicyclic) bond motifs is 1. The van der Waals surface area contributed by atoms with Crippen LogP contribution in [0.1, 0.15) is 73.2 Å². The maximum Gasteiger partial charge on any atom is 0.293 e. The Bertz CT molecular complexity index is 2890. The van der Waals surface area contributed by atoms with Crippen LogP contribution in [0.3, 0.4) is 0 Å². The fraction of sp³-hybridized carbons (Fsp3) is 0.367. The summed E-state index contributed by atoms with van der Waals surface area (Å²) in [6.07, 6.45) is 11.4. The average Bonchev–Trinajstić information content (AvgIpc) is 3.82. The molecular weight excluding hydrogens is 910 g/mol. The number of carbonyl (C=O) groups excluding carboxylic acids is 1. The smallest absolute Gasteiger partial charge is 0.293 e. The van der Waals surface area contributed by atoms with Crippen LogP contribution in [0.5, 0.6) is 11.5 Å². The third kappa shape index (κ3) is 11.3. The molecule has 3 N–H and O–H groups in total. The van der Waals surface area contributed by atoms with Crippen molar-refractivity contribution in [1.82, 2.24) is 29.5 Å². The first kappa shape index (κ1) is 46.3. The highest BCUT2D eigenvalue weighted by molar-refractivity contribution is 7.90. The van der Waals surface area contributed by atoms with Gasteiger partial charge in [0.2, 0.25) is 0 Å². The molecule has 0 radical (unpaired) electrons. The number of ether oxygens (including phenoxy) is 1. The maximum atomic E-state index is 14.0. The third-order valence-corrected chi connectivity index (χ3v) is 15.2. The molecule has 15 nitrogen and oxygen atoms in total. The molecule has 0 spiro atoms. The zero-order valence-corrected chi connectivity index (χ0v) is 39.9. The molecule has 9 rings (SSSR count). The van der Waals surface area contributed by atoms with Crippen LogP contribution in [-0.4, -0.2) is 95.9 Å². The number of nitro benzene ring substituents is 1. The SMILES string of the molecule is CC1(C)CCC(CN2CCN(c3ccc(C(=O)NS(=O)(=O)c4ccc(NCCCN(Cc5cncs5)C5CC5)c([N+](=O)[O-])c4)c(Oc4cnc5[nH]ccc5c4)c3)CC2)=C(c2ccc(Cl)cc2)C1. The van der Waals surface area contributed by atoms with Crippen LogP contribution >= 0.6 is 22.9 Å². The Morgan fingerprint density at radius 3 is 2.60 bits per heavy atom. The number of amides is 1. The topological polar surface area (TPSA) is 179 Å². The van der Waals surface area contributed by atoms with E-state index < -0.39 is 31.4 Å². The zero-order chi connectivity index (χ0) is 46.7. The molecule has 18 heteroatoms. The Labute approximate surface area is 399 Å². The number of sulfonamides is 1. The number of nitro groups is 1. The lowest BCUT2D eigenvalue weighted by molar-refractivity contribution is -0.384. The summed E-state index contributed by atoms with van der Waals surface area (Å²) in [6, 6.07) is 21.0. The molecule has 0 unspecified atom stereocenters. The number of hydrogen-bond donors (Lipinski definition) is 3. The van der Waals surface area contributed by atoms with Crippen LogP contribution in [0.2, 0.25) is 5.02 Å². The van der Waals surface area contributed by atoms with Crippen molar-refractivity contribution >= 4 is 72.5 Å². The fourth-order valence-electron chi connectivity index (χ4n) is 9.05. The molecule has 2 aliphatic carbocycles. The van der Waals surface area contributed by atoms with Gasteiger partial charge < -0.3 is 19.9 Å². The van der Waals surface area contributed by atoms with Gasteiger partial charge in [0.15, 0.2) is 0 Å². The number of H-pyrrole nitrogens is 1. The van der Waals surface area contributed by atoms with Gasteiger partial charge in [0.05, 0.1) is 27.1 Å². The van der Waals surface area contributed by atoms with Crippen molar-refractivity contribution in [2.45, 2.75) is 69.9 Å². The number of aromatic nitrogens is 3. The summed E-state index contributed by atoms with van der Waals surface area (Å²) in [5, 5.41) is 16.9. The van der Waals surface area contributed by atoms with E-state index in [9.17, 15) is 23.3 Å². The number of allylic oxidation sites excluding steroid dienone is 1. The van der Waals surface area contributed by atoms with E-state index in [0.29, 0.717) is 24.0 Å². The quantitative estimate of drug-likeness (QED) is 0.0423. The Morgan fingerprint density at radius 2 is 1.85 bits per heavy atom. The van der Waals surface area contributed by atoms with Gasteiger partial charge in [0, 0.05) is 104 Å². The van der Waals surface area contributed by atoms with Crippen LogP contribution in [0.25, 0.3) is 16.6 Å². The number of pyridine rings is 1. The monoisotopic (exact) mass is 963 g/mol. The third-order valence-electron chi connectivity index (χ3n) is 12.9. The summed E-state index contributed by atoms with van der Waals surface area (Å²) in [4.78, 5) is 45.2. The molecular formula is C49H54ClN9O6S2. The van der Waals surface area contributed by atoms with E-state index >= 15 is 0 Å². The van der Waals surface area contributed by atoms with E-state index in [1.807, 2.05) is 29.9 Å². The van der Waals surface area contributed by atoms with Crippen molar-refractivity contribution in [2.24, 2.45) is 5.41 Å². The van der Waals surface area contributed by atoms with Gasteiger partial charge in [0.25, 0.3) is 21.6 Å². The number of carbonyl (C=O) groups is 1. The van der Waals surface area contributed by atoms with E-state index in [2.05, 4.69) is 65.7 Å². The van der Waals surface area contributed by atoms with Crippen molar-refractivity contribution < 1.29 is 22.9 Å². The van der Waals surface area contributed by atoms with Crippen LogP contribution in [0, 0.1) is 15.5 Å². The van der Waals surface area contributed by atoms with Crippen LogP contribution in [0.15, 0.2) is 107 Å². The zero-order valence-electron chi connectivity index (χ0n) is 37.5. The van der Waals surface area contributed by atoms with Gasteiger partial charge in [0.1, 0.15) is 22.8 Å². The van der Waals surface area contributed by atoms with Crippen LogP contribution < -0.4 is 19.7 Å². The van der Waals surface area contributed by atoms with Gasteiger partial charge in [-0.1, -0.05) is 43.2 Å². The number of nitrogens with zero attached hydrogens (tertiary/aromatic N) is 6. The second kappa shape index (κ2) is 19.8. The first-order chi connectivity index (χ1) is 32.3. The summed E-state index contributed by atoms with van der Waals surface area (Å²) in [5.74, 6) is -0.471. The van der Waals surface area contributed by atoms with E-state index in [-0.39, 0.29) is 22.4 Å². The average molecular weight is 965 g/mol. The highest BCUT2D eigenvalue weighted by Crippen LogP contribution is 2.43. The normalized spacial score (nSPS) is 16.7. The van der Waals surface area contributed by atoms with Crippen molar-refractivity contribution in [1.29, 1.82) is 0 Å². The number of benzene rings is 3.